The van der Waals surface area contributed by atoms with Crippen LogP contribution in [-0.4, -0.2) is 13.9 Å². The normalized spacial score (nSPS) is 11.1. The molecule has 2 aromatic heterocycles. The summed E-state index contributed by atoms with van der Waals surface area (Å²) >= 11 is 1.52. The number of imidazole rings is 1. The minimum atomic E-state index is 0.860. The maximum absolute atomic E-state index is 4.39. The van der Waals surface area contributed by atoms with Crippen LogP contribution in [0.4, 0.5) is 0 Å². The van der Waals surface area contributed by atoms with Gasteiger partial charge in [-0.1, -0.05) is 30.3 Å². The summed E-state index contributed by atoms with van der Waals surface area (Å²) in [5.41, 5.74) is 3.33. The van der Waals surface area contributed by atoms with E-state index in [1.807, 2.05) is 19.3 Å². The van der Waals surface area contributed by atoms with Gasteiger partial charge in [0.1, 0.15) is 10.3 Å². The lowest BCUT2D eigenvalue weighted by atomic mass is 10.2. The molecule has 0 unspecified atom stereocenters. The zero-order chi connectivity index (χ0) is 11.0. The third-order valence-corrected chi connectivity index (χ3v) is 3.56. The molecule has 0 aliphatic rings. The van der Waals surface area contributed by atoms with Gasteiger partial charge in [-0.05, 0) is 24.0 Å². The number of hydrogen-bond acceptors (Lipinski definition) is 3. The summed E-state index contributed by atoms with van der Waals surface area (Å²) in [5, 5.41) is 0. The molecule has 0 saturated carbocycles. The summed E-state index contributed by atoms with van der Waals surface area (Å²) in [6.45, 7) is 2.86. The smallest absolute Gasteiger partial charge is 0.143 e. The Labute approximate surface area is 97.5 Å². The number of fused-ring (bicyclic) bond motifs is 1. The second kappa shape index (κ2) is 3.72. The monoisotopic (exact) mass is 229 g/mol. The lowest BCUT2D eigenvalue weighted by Crippen LogP contribution is -1.96. The molecular formula is C12H11N3S. The average molecular weight is 229 g/mol. The second-order valence-electron chi connectivity index (χ2n) is 3.78. The van der Waals surface area contributed by atoms with E-state index in [1.165, 1.54) is 17.1 Å². The van der Waals surface area contributed by atoms with Gasteiger partial charge in [0.15, 0.2) is 0 Å². The van der Waals surface area contributed by atoms with Crippen molar-refractivity contribution in [3.63, 3.8) is 0 Å². The van der Waals surface area contributed by atoms with Crippen molar-refractivity contribution in [2.75, 3.05) is 0 Å². The Morgan fingerprint density at radius 1 is 1.25 bits per heavy atom. The summed E-state index contributed by atoms with van der Waals surface area (Å²) in [5.74, 6) is 0. The van der Waals surface area contributed by atoms with Crippen molar-refractivity contribution in [3.8, 4) is 0 Å². The first-order valence-electron chi connectivity index (χ1n) is 5.15. The van der Waals surface area contributed by atoms with E-state index in [0.717, 1.165) is 22.6 Å². The molecule has 0 aliphatic carbocycles. The van der Waals surface area contributed by atoms with Gasteiger partial charge in [0.2, 0.25) is 0 Å². The van der Waals surface area contributed by atoms with E-state index in [0.29, 0.717) is 0 Å². The van der Waals surface area contributed by atoms with Gasteiger partial charge in [0.25, 0.3) is 0 Å². The van der Waals surface area contributed by atoms with Crippen LogP contribution >= 0.6 is 11.5 Å². The molecule has 0 atom stereocenters. The van der Waals surface area contributed by atoms with Crippen LogP contribution in [0, 0.1) is 6.92 Å². The van der Waals surface area contributed by atoms with E-state index in [9.17, 15) is 0 Å². The Kier molecular flexibility index (Phi) is 2.22. The molecule has 0 spiro atoms. The van der Waals surface area contributed by atoms with Crippen LogP contribution < -0.4 is 0 Å². The van der Waals surface area contributed by atoms with Crippen LogP contribution in [0.2, 0.25) is 0 Å². The molecule has 4 heteroatoms. The summed E-state index contributed by atoms with van der Waals surface area (Å²) in [6, 6.07) is 10.4. The number of hydrogen-bond donors (Lipinski definition) is 0. The van der Waals surface area contributed by atoms with Gasteiger partial charge in [0.05, 0.1) is 12.0 Å². The van der Waals surface area contributed by atoms with E-state index in [1.54, 1.807) is 0 Å². The molecule has 0 N–H and O–H groups in total. The number of nitrogens with zero attached hydrogens (tertiary/aromatic N) is 3. The lowest BCUT2D eigenvalue weighted by Gasteiger charge is -2.01. The highest BCUT2D eigenvalue weighted by atomic mass is 32.1. The third kappa shape index (κ3) is 1.51. The molecule has 0 saturated heterocycles. The van der Waals surface area contributed by atoms with Crippen LogP contribution in [0.3, 0.4) is 0 Å². The fraction of sp³-hybridized carbons (Fsp3) is 0.167. The summed E-state index contributed by atoms with van der Waals surface area (Å²) in [6.07, 6.45) is 1.89. The minimum Gasteiger partial charge on any atom is -0.317 e. The second-order valence-corrected chi connectivity index (χ2v) is 4.53. The van der Waals surface area contributed by atoms with Crippen molar-refractivity contribution in [3.05, 3.63) is 47.9 Å². The van der Waals surface area contributed by atoms with Crippen molar-refractivity contribution in [2.45, 2.75) is 13.5 Å². The highest BCUT2D eigenvalue weighted by molar-refractivity contribution is 7.12. The van der Waals surface area contributed by atoms with Crippen LogP contribution in [0.25, 0.3) is 10.3 Å². The molecule has 3 rings (SSSR count). The summed E-state index contributed by atoms with van der Waals surface area (Å²) in [4.78, 5) is 5.54. The predicted molar refractivity (Wildman–Crippen MR) is 65.7 cm³/mol. The maximum atomic E-state index is 4.39. The van der Waals surface area contributed by atoms with Gasteiger partial charge >= 0.3 is 0 Å². The Morgan fingerprint density at radius 2 is 2.06 bits per heavy atom. The van der Waals surface area contributed by atoms with Crippen LogP contribution in [0.5, 0.6) is 0 Å². The first-order valence-corrected chi connectivity index (χ1v) is 5.93. The molecule has 0 bridgehead atoms. The molecule has 0 amide bonds. The van der Waals surface area contributed by atoms with Crippen LogP contribution in [0.15, 0.2) is 36.7 Å². The average Bonchev–Trinajstić information content (AvgIpc) is 2.86. The molecule has 80 valence electrons. The number of rotatable bonds is 2. The minimum absolute atomic E-state index is 0.860. The Bertz CT molecular complexity index is 610. The van der Waals surface area contributed by atoms with E-state index >= 15 is 0 Å². The highest BCUT2D eigenvalue weighted by Gasteiger charge is 2.08. The first-order chi connectivity index (χ1) is 7.84. The topological polar surface area (TPSA) is 30.7 Å². The molecule has 3 nitrogen and oxygen atoms in total. The SMILES string of the molecule is Cc1nsc2c1ncn2Cc1ccccc1. The van der Waals surface area contributed by atoms with Gasteiger partial charge in [0, 0.05) is 6.54 Å². The van der Waals surface area contributed by atoms with Crippen molar-refractivity contribution in [1.29, 1.82) is 0 Å². The largest absolute Gasteiger partial charge is 0.317 e. The molecule has 1 aromatic carbocycles. The van der Waals surface area contributed by atoms with E-state index in [-0.39, 0.29) is 0 Å². The fourth-order valence-electron chi connectivity index (χ4n) is 1.76. The number of benzene rings is 1. The maximum Gasteiger partial charge on any atom is 0.143 e. The zero-order valence-electron chi connectivity index (χ0n) is 8.92. The summed E-state index contributed by atoms with van der Waals surface area (Å²) < 4.78 is 6.46. The highest BCUT2D eigenvalue weighted by Crippen LogP contribution is 2.21. The predicted octanol–water partition coefficient (Wildman–Crippen LogP) is 2.85. The van der Waals surface area contributed by atoms with Gasteiger partial charge in [-0.25, -0.2) is 4.98 Å². The third-order valence-electron chi connectivity index (χ3n) is 2.60. The van der Waals surface area contributed by atoms with Crippen LogP contribution in [0.1, 0.15) is 11.3 Å². The van der Waals surface area contributed by atoms with Gasteiger partial charge in [-0.15, -0.1) is 0 Å². The molecule has 16 heavy (non-hydrogen) atoms. The quantitative estimate of drug-likeness (QED) is 0.676. The number of aryl methyl sites for hydroxylation is 1. The van der Waals surface area contributed by atoms with Crippen molar-refractivity contribution >= 4 is 21.9 Å². The van der Waals surface area contributed by atoms with E-state index in [4.69, 9.17) is 0 Å². The Morgan fingerprint density at radius 3 is 2.88 bits per heavy atom. The van der Waals surface area contributed by atoms with Crippen molar-refractivity contribution < 1.29 is 0 Å². The van der Waals surface area contributed by atoms with E-state index < -0.39 is 0 Å². The summed E-state index contributed by atoms with van der Waals surface area (Å²) in [7, 11) is 0. The number of aromatic nitrogens is 3. The molecule has 3 aromatic rings. The Hall–Kier alpha value is -1.68. The van der Waals surface area contributed by atoms with Crippen molar-refractivity contribution in [2.24, 2.45) is 0 Å². The molecule has 0 fully saturated rings. The molecule has 0 aliphatic heterocycles. The van der Waals surface area contributed by atoms with Crippen LogP contribution in [-0.2, 0) is 6.54 Å². The fourth-order valence-corrected chi connectivity index (χ4v) is 2.58. The molecule has 2 heterocycles. The van der Waals surface area contributed by atoms with Gasteiger partial charge in [-0.3, -0.25) is 0 Å². The molecule has 0 radical (unpaired) electrons. The van der Waals surface area contributed by atoms with Gasteiger partial charge in [-0.2, -0.15) is 4.37 Å². The lowest BCUT2D eigenvalue weighted by molar-refractivity contribution is 0.829. The first kappa shape index (κ1) is 9.54. The van der Waals surface area contributed by atoms with E-state index in [2.05, 4.69) is 38.2 Å². The molecular weight excluding hydrogens is 218 g/mol. The Balaban J connectivity index is 2.01. The van der Waals surface area contributed by atoms with Crippen molar-refractivity contribution in [1.82, 2.24) is 13.9 Å². The standard InChI is InChI=1S/C12H11N3S/c1-9-11-12(16-14-9)15(8-13-11)7-10-5-3-2-4-6-10/h2-6,8H,7H2,1H3. The van der Waals surface area contributed by atoms with Gasteiger partial charge < -0.3 is 4.57 Å². The zero-order valence-corrected chi connectivity index (χ0v) is 9.74.